The highest BCUT2D eigenvalue weighted by Crippen LogP contribution is 2.17. The Labute approximate surface area is 70.1 Å². The van der Waals surface area contributed by atoms with Crippen LogP contribution in [-0.4, -0.2) is 10.6 Å². The first kappa shape index (κ1) is 8.73. The first-order chi connectivity index (χ1) is 5.49. The van der Waals surface area contributed by atoms with Gasteiger partial charge in [-0.1, -0.05) is 12.2 Å². The Morgan fingerprint density at radius 3 is 3.00 bits per heavy atom. The summed E-state index contributed by atoms with van der Waals surface area (Å²) in [6, 6.07) is 0. The Hall–Kier alpha value is -1.36. The van der Waals surface area contributed by atoms with Crippen molar-refractivity contribution in [3.63, 3.8) is 0 Å². The molecule has 0 bridgehead atoms. The zero-order valence-electron chi connectivity index (χ0n) is 6.78. The van der Waals surface area contributed by atoms with Crippen molar-refractivity contribution in [2.45, 2.75) is 18.9 Å². The van der Waals surface area contributed by atoms with Gasteiger partial charge in [0.05, 0.1) is 5.70 Å². The lowest BCUT2D eigenvalue weighted by atomic mass is 9.93. The minimum absolute atomic E-state index is 0.463. The molecule has 0 aliphatic heterocycles. The van der Waals surface area contributed by atoms with Gasteiger partial charge in [0, 0.05) is 12.0 Å². The monoisotopic (exact) mass is 169 g/mol. The molecular weight excluding hydrogens is 158 g/mol. The van der Waals surface area contributed by atoms with Crippen LogP contribution in [0.4, 0.5) is 0 Å². The average molecular weight is 169 g/mol. The van der Waals surface area contributed by atoms with E-state index >= 15 is 0 Å². The van der Waals surface area contributed by atoms with Crippen molar-refractivity contribution < 1.29 is 5.03 Å². The van der Waals surface area contributed by atoms with Gasteiger partial charge in [0.25, 0.3) is 0 Å². The quantitative estimate of drug-likeness (QED) is 0.461. The van der Waals surface area contributed by atoms with Gasteiger partial charge in [0.15, 0.2) is 5.03 Å². The van der Waals surface area contributed by atoms with E-state index in [0.29, 0.717) is 12.1 Å². The van der Waals surface area contributed by atoms with Crippen molar-refractivity contribution in [2.24, 2.45) is 5.73 Å². The summed E-state index contributed by atoms with van der Waals surface area (Å²) < 4.78 is 0. The van der Waals surface area contributed by atoms with Crippen molar-refractivity contribution in [2.75, 3.05) is 0 Å². The maximum atomic E-state index is 10.1. The van der Waals surface area contributed by atoms with E-state index in [9.17, 15) is 10.1 Å². The highest BCUT2D eigenvalue weighted by molar-refractivity contribution is 5.23. The van der Waals surface area contributed by atoms with E-state index < -0.39 is 10.6 Å². The summed E-state index contributed by atoms with van der Waals surface area (Å²) in [5.74, 6) is 0. The molecule has 0 fully saturated rings. The lowest BCUT2D eigenvalue weighted by Gasteiger charge is -2.22. The largest absolute Gasteiger partial charge is 0.322 e. The second-order valence-corrected chi connectivity index (χ2v) is 3.10. The topological polar surface area (TPSA) is 81.2 Å². The lowest BCUT2D eigenvalue weighted by Crippen LogP contribution is -2.38. The lowest BCUT2D eigenvalue weighted by molar-refractivity contribution is -0.536. The molecule has 0 amide bonds. The van der Waals surface area contributed by atoms with Crippen LogP contribution in [-0.2, 0) is 0 Å². The summed E-state index contributed by atoms with van der Waals surface area (Å²) in [6.45, 7) is 1.82. The molecule has 0 spiro atoms. The Kier molecular flexibility index (Phi) is 2.14. The molecule has 1 aliphatic rings. The first-order valence-electron chi connectivity index (χ1n) is 3.58. The number of allylic oxidation sites excluding steroid dienone is 2. The molecule has 66 valence electrons. The van der Waals surface area contributed by atoms with E-state index in [1.54, 1.807) is 12.2 Å². The SMILES string of the molecule is CC1(N)C=CC=C(N[N+](=O)[O-])C1. The molecule has 12 heavy (non-hydrogen) atoms. The number of nitrogens with zero attached hydrogens (tertiary/aromatic N) is 1. The predicted octanol–water partition coefficient (Wildman–Crippen LogP) is 0.329. The fourth-order valence-corrected chi connectivity index (χ4v) is 1.11. The molecule has 0 heterocycles. The van der Waals surface area contributed by atoms with Crippen LogP contribution in [0.2, 0.25) is 0 Å². The van der Waals surface area contributed by atoms with Gasteiger partial charge < -0.3 is 5.73 Å². The number of nitro groups is 1. The van der Waals surface area contributed by atoms with Crippen LogP contribution in [0, 0.1) is 10.1 Å². The molecule has 1 atom stereocenters. The predicted molar refractivity (Wildman–Crippen MR) is 44.6 cm³/mol. The zero-order chi connectivity index (χ0) is 9.19. The molecule has 1 rings (SSSR count). The van der Waals surface area contributed by atoms with Crippen molar-refractivity contribution >= 4 is 0 Å². The van der Waals surface area contributed by atoms with Gasteiger partial charge in [0.2, 0.25) is 0 Å². The molecule has 5 nitrogen and oxygen atoms in total. The van der Waals surface area contributed by atoms with Gasteiger partial charge in [-0.15, -0.1) is 5.43 Å². The molecule has 1 unspecified atom stereocenters. The van der Waals surface area contributed by atoms with Crippen molar-refractivity contribution in [3.8, 4) is 0 Å². The second-order valence-electron chi connectivity index (χ2n) is 3.10. The molecule has 0 aromatic rings. The highest BCUT2D eigenvalue weighted by Gasteiger charge is 2.21. The first-order valence-corrected chi connectivity index (χ1v) is 3.58. The number of hydrogen-bond acceptors (Lipinski definition) is 3. The third-order valence-electron chi connectivity index (χ3n) is 1.58. The Morgan fingerprint density at radius 1 is 1.83 bits per heavy atom. The summed E-state index contributed by atoms with van der Waals surface area (Å²) >= 11 is 0. The smallest absolute Gasteiger partial charge is 0.162 e. The highest BCUT2D eigenvalue weighted by atomic mass is 16.7. The molecular formula is C7H11N3O2. The zero-order valence-corrected chi connectivity index (χ0v) is 6.78. The molecule has 1 aliphatic carbocycles. The fourth-order valence-electron chi connectivity index (χ4n) is 1.11. The van der Waals surface area contributed by atoms with Gasteiger partial charge in [-0.25, -0.2) is 10.1 Å². The molecule has 0 saturated carbocycles. The van der Waals surface area contributed by atoms with Gasteiger partial charge in [-0.05, 0) is 13.0 Å². The van der Waals surface area contributed by atoms with Crippen LogP contribution in [0.15, 0.2) is 23.9 Å². The van der Waals surface area contributed by atoms with Gasteiger partial charge >= 0.3 is 0 Å². The van der Waals surface area contributed by atoms with Crippen LogP contribution < -0.4 is 11.2 Å². The van der Waals surface area contributed by atoms with Crippen molar-refractivity contribution in [1.82, 2.24) is 5.43 Å². The van der Waals surface area contributed by atoms with Gasteiger partial charge in [0.1, 0.15) is 0 Å². The second kappa shape index (κ2) is 2.94. The van der Waals surface area contributed by atoms with E-state index in [2.05, 4.69) is 5.43 Å². The van der Waals surface area contributed by atoms with E-state index in [1.165, 1.54) is 0 Å². The van der Waals surface area contributed by atoms with E-state index in [4.69, 9.17) is 5.73 Å². The third kappa shape index (κ3) is 2.35. The number of nitrogens with one attached hydrogen (secondary N) is 1. The minimum atomic E-state index is -0.582. The molecule has 0 saturated heterocycles. The summed E-state index contributed by atoms with van der Waals surface area (Å²) in [5, 5.41) is 9.48. The van der Waals surface area contributed by atoms with Crippen LogP contribution >= 0.6 is 0 Å². The van der Waals surface area contributed by atoms with Gasteiger partial charge in [-0.3, -0.25) is 0 Å². The van der Waals surface area contributed by atoms with Crippen molar-refractivity contribution in [1.29, 1.82) is 0 Å². The number of hydrogen-bond donors (Lipinski definition) is 2. The van der Waals surface area contributed by atoms with Crippen LogP contribution in [0.25, 0.3) is 0 Å². The fraction of sp³-hybridized carbons (Fsp3) is 0.429. The number of rotatable bonds is 2. The summed E-state index contributed by atoms with van der Waals surface area (Å²) in [4.78, 5) is 10.1. The van der Waals surface area contributed by atoms with Crippen molar-refractivity contribution in [3.05, 3.63) is 34.0 Å². The Balaban J connectivity index is 2.64. The van der Waals surface area contributed by atoms with Crippen LogP contribution in [0.1, 0.15) is 13.3 Å². The number of hydrazine groups is 1. The molecule has 0 radical (unpaired) electrons. The molecule has 3 N–H and O–H groups in total. The van der Waals surface area contributed by atoms with Gasteiger partial charge in [-0.2, -0.15) is 0 Å². The maximum absolute atomic E-state index is 10.1. The number of nitrogens with two attached hydrogens (primary N) is 1. The minimum Gasteiger partial charge on any atom is -0.322 e. The summed E-state index contributed by atoms with van der Waals surface area (Å²) in [6.07, 6.45) is 5.65. The van der Waals surface area contributed by atoms with Crippen LogP contribution in [0.3, 0.4) is 0 Å². The summed E-state index contributed by atoms with van der Waals surface area (Å²) in [7, 11) is 0. The normalized spacial score (nSPS) is 28.0. The molecule has 0 aromatic heterocycles. The molecule has 5 heteroatoms. The summed E-state index contributed by atoms with van der Waals surface area (Å²) in [5.41, 5.74) is 7.90. The van der Waals surface area contributed by atoms with Crippen LogP contribution in [0.5, 0.6) is 0 Å². The molecule has 0 aromatic carbocycles. The van der Waals surface area contributed by atoms with E-state index in [-0.39, 0.29) is 0 Å². The average Bonchev–Trinajstić information content (AvgIpc) is 1.82. The van der Waals surface area contributed by atoms with E-state index in [1.807, 2.05) is 13.0 Å². The third-order valence-corrected chi connectivity index (χ3v) is 1.58. The Bertz CT molecular complexity index is 255. The van der Waals surface area contributed by atoms with E-state index in [0.717, 1.165) is 0 Å². The standard InChI is InChI=1S/C7H11N3O2/c1-7(8)4-2-3-6(5-7)9-10(11)12/h2-4,9H,5,8H2,1H3. The maximum Gasteiger partial charge on any atom is 0.162 e. The Morgan fingerprint density at radius 2 is 2.50 bits per heavy atom.